The fourth-order valence-corrected chi connectivity index (χ4v) is 4.12. The smallest absolute Gasteiger partial charge is 0.00328 e. The minimum absolute atomic E-state index is 0.459. The van der Waals surface area contributed by atoms with Crippen LogP contribution in [0, 0.1) is 5.92 Å². The van der Waals surface area contributed by atoms with Gasteiger partial charge in [0.15, 0.2) is 0 Å². The van der Waals surface area contributed by atoms with Crippen molar-refractivity contribution in [1.29, 1.82) is 0 Å². The van der Waals surface area contributed by atoms with Crippen molar-refractivity contribution in [1.82, 2.24) is 0 Å². The first kappa shape index (κ1) is 12.9. The lowest BCUT2D eigenvalue weighted by Gasteiger charge is -2.16. The van der Waals surface area contributed by atoms with Crippen LogP contribution in [0.3, 0.4) is 0 Å². The highest BCUT2D eigenvalue weighted by Gasteiger charge is 2.25. The van der Waals surface area contributed by atoms with Crippen LogP contribution in [-0.4, -0.2) is 0 Å². The van der Waals surface area contributed by atoms with Crippen LogP contribution in [-0.2, 0) is 6.42 Å². The van der Waals surface area contributed by atoms with Crippen molar-refractivity contribution in [3.8, 4) is 0 Å². The number of hydrogen-bond acceptors (Lipinski definition) is 0. The Kier molecular flexibility index (Phi) is 2.63. The van der Waals surface area contributed by atoms with Gasteiger partial charge in [-0.1, -0.05) is 79.2 Å². The molecule has 1 atom stereocenters. The molecule has 0 fully saturated rings. The molecule has 0 saturated carbocycles. The second-order valence-corrected chi connectivity index (χ2v) is 6.67. The standard InChI is InChI=1S/C23H18/c1-15(20-12-17-6-2-3-7-18(17)13-20)22-14-19-10-4-8-16-9-5-11-21(22)23(16)19/h2-12,14-15H,13H2,1H3. The minimum Gasteiger partial charge on any atom is -0.0619 e. The molecule has 0 nitrogen and oxygen atoms in total. The summed E-state index contributed by atoms with van der Waals surface area (Å²) in [5, 5.41) is 2.77. The Morgan fingerprint density at radius 1 is 0.783 bits per heavy atom. The predicted molar refractivity (Wildman–Crippen MR) is 99.1 cm³/mol. The van der Waals surface area contributed by atoms with Crippen molar-refractivity contribution in [2.45, 2.75) is 13.3 Å². The van der Waals surface area contributed by atoms with Crippen LogP contribution in [0.2, 0.25) is 0 Å². The van der Waals surface area contributed by atoms with Crippen LogP contribution in [0.4, 0.5) is 0 Å². The third-order valence-corrected chi connectivity index (χ3v) is 5.37. The highest BCUT2D eigenvalue weighted by atomic mass is 14.3. The van der Waals surface area contributed by atoms with Gasteiger partial charge in [0, 0.05) is 5.92 Å². The lowest BCUT2D eigenvalue weighted by atomic mass is 9.88. The predicted octanol–water partition coefficient (Wildman–Crippen LogP) is 5.97. The van der Waals surface area contributed by atoms with E-state index in [4.69, 9.17) is 0 Å². The molecule has 3 aromatic rings. The van der Waals surface area contributed by atoms with Crippen molar-refractivity contribution >= 4 is 28.5 Å². The van der Waals surface area contributed by atoms with Gasteiger partial charge in [-0.05, 0) is 51.1 Å². The highest BCUT2D eigenvalue weighted by Crippen LogP contribution is 2.44. The van der Waals surface area contributed by atoms with E-state index in [1.165, 1.54) is 44.2 Å². The molecule has 0 N–H and O–H groups in total. The Balaban J connectivity index is 1.59. The largest absolute Gasteiger partial charge is 0.0619 e. The van der Waals surface area contributed by atoms with Crippen molar-refractivity contribution in [2.24, 2.45) is 5.92 Å². The highest BCUT2D eigenvalue weighted by molar-refractivity contribution is 6.10. The van der Waals surface area contributed by atoms with Gasteiger partial charge in [-0.3, -0.25) is 0 Å². The van der Waals surface area contributed by atoms with Gasteiger partial charge >= 0.3 is 0 Å². The Morgan fingerprint density at radius 3 is 2.43 bits per heavy atom. The molecule has 0 radical (unpaired) electrons. The van der Waals surface area contributed by atoms with Crippen LogP contribution in [0.15, 0.2) is 66.2 Å². The first-order valence-corrected chi connectivity index (χ1v) is 8.33. The number of fused-ring (bicyclic) bond motifs is 1. The van der Waals surface area contributed by atoms with Gasteiger partial charge in [0.05, 0.1) is 0 Å². The molecule has 0 aromatic heterocycles. The third kappa shape index (κ3) is 1.85. The molecule has 2 aliphatic rings. The number of benzene rings is 3. The molecule has 0 saturated heterocycles. The van der Waals surface area contributed by atoms with Crippen LogP contribution < -0.4 is 0 Å². The summed E-state index contributed by atoms with van der Waals surface area (Å²) >= 11 is 0. The van der Waals surface area contributed by atoms with Gasteiger partial charge in [0.1, 0.15) is 0 Å². The maximum Gasteiger partial charge on any atom is 0.00328 e. The molecule has 110 valence electrons. The molecule has 2 aliphatic carbocycles. The zero-order valence-corrected chi connectivity index (χ0v) is 13.2. The molecule has 3 aromatic carbocycles. The lowest BCUT2D eigenvalue weighted by molar-refractivity contribution is 0.866. The van der Waals surface area contributed by atoms with Crippen LogP contribution >= 0.6 is 0 Å². The van der Waals surface area contributed by atoms with Gasteiger partial charge < -0.3 is 0 Å². The molecular weight excluding hydrogens is 276 g/mol. The molecular formula is C23H18. The molecule has 0 spiro atoms. The van der Waals surface area contributed by atoms with E-state index < -0.39 is 0 Å². The molecule has 0 bridgehead atoms. The summed E-state index contributed by atoms with van der Waals surface area (Å²) in [4.78, 5) is 0. The minimum atomic E-state index is 0.459. The molecule has 0 heteroatoms. The molecule has 23 heavy (non-hydrogen) atoms. The van der Waals surface area contributed by atoms with E-state index >= 15 is 0 Å². The molecule has 0 amide bonds. The number of allylic oxidation sites excluding steroid dienone is 2. The summed E-state index contributed by atoms with van der Waals surface area (Å²) in [7, 11) is 0. The Labute approximate surface area is 136 Å². The second-order valence-electron chi connectivity index (χ2n) is 6.67. The zero-order chi connectivity index (χ0) is 15.4. The van der Waals surface area contributed by atoms with Crippen LogP contribution in [0.25, 0.3) is 28.5 Å². The summed E-state index contributed by atoms with van der Waals surface area (Å²) < 4.78 is 0. The van der Waals surface area contributed by atoms with Gasteiger partial charge in [-0.15, -0.1) is 0 Å². The first-order chi connectivity index (χ1) is 11.3. The Hall–Kier alpha value is -2.60. The SMILES string of the molecule is CC(C1=Cc2ccccc2C1)C1=Cc2cccc3cccc1c23. The number of hydrogen-bond donors (Lipinski definition) is 0. The first-order valence-electron chi connectivity index (χ1n) is 8.33. The summed E-state index contributed by atoms with van der Waals surface area (Å²) in [5.74, 6) is 0.459. The van der Waals surface area contributed by atoms with Crippen molar-refractivity contribution < 1.29 is 0 Å². The van der Waals surface area contributed by atoms with E-state index in [2.05, 4.69) is 79.7 Å². The monoisotopic (exact) mass is 294 g/mol. The average Bonchev–Trinajstić information content (AvgIpc) is 3.18. The molecule has 0 heterocycles. The molecule has 1 unspecified atom stereocenters. The molecule has 5 rings (SSSR count). The average molecular weight is 294 g/mol. The van der Waals surface area contributed by atoms with E-state index in [9.17, 15) is 0 Å². The maximum absolute atomic E-state index is 2.40. The second kappa shape index (κ2) is 4.70. The quantitative estimate of drug-likeness (QED) is 0.546. The fraction of sp³-hybridized carbons (Fsp3) is 0.130. The molecule has 0 aliphatic heterocycles. The fourth-order valence-electron chi connectivity index (χ4n) is 4.12. The van der Waals surface area contributed by atoms with E-state index in [-0.39, 0.29) is 0 Å². The zero-order valence-electron chi connectivity index (χ0n) is 13.2. The summed E-state index contributed by atoms with van der Waals surface area (Å²) in [6, 6.07) is 22.1. The van der Waals surface area contributed by atoms with Gasteiger partial charge in [0.25, 0.3) is 0 Å². The Bertz CT molecular complexity index is 996. The maximum atomic E-state index is 2.40. The van der Waals surface area contributed by atoms with Gasteiger partial charge in [-0.25, -0.2) is 0 Å². The van der Waals surface area contributed by atoms with Crippen LogP contribution in [0.1, 0.15) is 29.2 Å². The van der Waals surface area contributed by atoms with E-state index in [1.54, 1.807) is 0 Å². The summed E-state index contributed by atoms with van der Waals surface area (Å²) in [6.45, 7) is 2.36. The topological polar surface area (TPSA) is 0 Å². The van der Waals surface area contributed by atoms with Crippen molar-refractivity contribution in [2.75, 3.05) is 0 Å². The lowest BCUT2D eigenvalue weighted by Crippen LogP contribution is -2.01. The van der Waals surface area contributed by atoms with Crippen LogP contribution in [0.5, 0.6) is 0 Å². The van der Waals surface area contributed by atoms with E-state index in [1.807, 2.05) is 0 Å². The van der Waals surface area contributed by atoms with Gasteiger partial charge in [0.2, 0.25) is 0 Å². The van der Waals surface area contributed by atoms with E-state index in [0.29, 0.717) is 5.92 Å². The van der Waals surface area contributed by atoms with E-state index in [0.717, 1.165) is 6.42 Å². The van der Waals surface area contributed by atoms with Gasteiger partial charge in [-0.2, -0.15) is 0 Å². The third-order valence-electron chi connectivity index (χ3n) is 5.37. The Morgan fingerprint density at radius 2 is 1.57 bits per heavy atom. The normalized spacial score (nSPS) is 16.2. The van der Waals surface area contributed by atoms with Crippen molar-refractivity contribution in [3.63, 3.8) is 0 Å². The van der Waals surface area contributed by atoms with Crippen molar-refractivity contribution in [3.05, 3.63) is 88.5 Å². The summed E-state index contributed by atoms with van der Waals surface area (Å²) in [6.07, 6.45) is 5.87. The number of rotatable bonds is 2. The summed E-state index contributed by atoms with van der Waals surface area (Å²) in [5.41, 5.74) is 8.64.